The van der Waals surface area contributed by atoms with Gasteiger partial charge in [0.05, 0.1) is 13.0 Å². The largest absolute Gasteiger partial charge is 0.494 e. The van der Waals surface area contributed by atoms with Crippen molar-refractivity contribution >= 4 is 29.3 Å². The molecule has 1 amide bonds. The van der Waals surface area contributed by atoms with E-state index in [4.69, 9.17) is 9.47 Å². The van der Waals surface area contributed by atoms with E-state index >= 15 is 0 Å². The van der Waals surface area contributed by atoms with Crippen molar-refractivity contribution < 1.29 is 32.2 Å². The molecule has 1 heterocycles. The molecule has 3 rings (SSSR count). The summed E-state index contributed by atoms with van der Waals surface area (Å²) in [7, 11) is 0. The molecular formula is C22H21F3N4O4S. The van der Waals surface area contributed by atoms with Crippen molar-refractivity contribution in [2.75, 3.05) is 18.5 Å². The summed E-state index contributed by atoms with van der Waals surface area (Å²) in [4.78, 5) is 24.1. The van der Waals surface area contributed by atoms with E-state index in [2.05, 4.69) is 15.5 Å². The number of halogens is 3. The highest BCUT2D eigenvalue weighted by Gasteiger charge is 2.19. The minimum Gasteiger partial charge on any atom is -0.494 e. The molecule has 0 radical (unpaired) electrons. The van der Waals surface area contributed by atoms with E-state index in [-0.39, 0.29) is 29.9 Å². The fraction of sp³-hybridized carbons (Fsp3) is 0.273. The van der Waals surface area contributed by atoms with E-state index in [1.807, 2.05) is 6.92 Å². The summed E-state index contributed by atoms with van der Waals surface area (Å²) in [6.45, 7) is 1.75. The molecule has 0 aliphatic rings. The number of rotatable bonds is 11. The smallest absolute Gasteiger partial charge is 0.308 e. The fourth-order valence-electron chi connectivity index (χ4n) is 2.89. The molecule has 2 aromatic carbocycles. The van der Waals surface area contributed by atoms with Crippen LogP contribution in [-0.4, -0.2) is 45.6 Å². The number of aromatic nitrogens is 3. The molecule has 180 valence electrons. The number of alkyl halides is 2. The summed E-state index contributed by atoms with van der Waals surface area (Å²) < 4.78 is 50.6. The lowest BCUT2D eigenvalue weighted by molar-refractivity contribution is -0.147. The van der Waals surface area contributed by atoms with Gasteiger partial charge in [-0.1, -0.05) is 0 Å². The van der Waals surface area contributed by atoms with E-state index in [0.29, 0.717) is 29.4 Å². The normalized spacial score (nSPS) is 10.9. The first kappa shape index (κ1) is 25.1. The maximum absolute atomic E-state index is 13.0. The van der Waals surface area contributed by atoms with Gasteiger partial charge in [0.15, 0.2) is 17.6 Å². The van der Waals surface area contributed by atoms with E-state index in [1.165, 1.54) is 28.8 Å². The summed E-state index contributed by atoms with van der Waals surface area (Å²) in [5.74, 6) is -3.55. The van der Waals surface area contributed by atoms with Crippen LogP contribution in [0.2, 0.25) is 0 Å². The highest BCUT2D eigenvalue weighted by atomic mass is 32.2. The first-order valence-electron chi connectivity index (χ1n) is 10.2. The molecule has 12 heteroatoms. The lowest BCUT2D eigenvalue weighted by Gasteiger charge is -2.11. The molecule has 0 saturated heterocycles. The summed E-state index contributed by atoms with van der Waals surface area (Å²) >= 11 is 0.212. The van der Waals surface area contributed by atoms with Crippen molar-refractivity contribution in [2.24, 2.45) is 0 Å². The molecule has 0 atom stereocenters. The van der Waals surface area contributed by atoms with E-state index < -0.39 is 30.1 Å². The Bertz CT molecular complexity index is 1110. The summed E-state index contributed by atoms with van der Waals surface area (Å²) in [5.41, 5.74) is 0.949. The Morgan fingerprint density at radius 3 is 2.44 bits per heavy atom. The van der Waals surface area contributed by atoms with Gasteiger partial charge in [0.1, 0.15) is 11.6 Å². The van der Waals surface area contributed by atoms with Crippen LogP contribution in [0, 0.1) is 5.82 Å². The molecule has 34 heavy (non-hydrogen) atoms. The van der Waals surface area contributed by atoms with Gasteiger partial charge in [0.25, 0.3) is 11.7 Å². The topological polar surface area (TPSA) is 95.3 Å². The monoisotopic (exact) mass is 494 g/mol. The second-order valence-electron chi connectivity index (χ2n) is 6.76. The van der Waals surface area contributed by atoms with Crippen LogP contribution in [0.5, 0.6) is 5.75 Å². The molecule has 1 aromatic heterocycles. The maximum Gasteiger partial charge on any atom is 0.308 e. The van der Waals surface area contributed by atoms with Crippen LogP contribution >= 0.6 is 11.8 Å². The Kier molecular flexibility index (Phi) is 8.91. The minimum absolute atomic E-state index is 0.0387. The SMILES string of the molecule is CCOc1ccc(-c2nnc(SC(F)F)n2CCC(=O)OCC(=O)Nc2ccc(F)cc2)cc1. The van der Waals surface area contributed by atoms with Crippen LogP contribution < -0.4 is 10.1 Å². The van der Waals surface area contributed by atoms with Gasteiger partial charge in [0.2, 0.25) is 0 Å². The van der Waals surface area contributed by atoms with Gasteiger partial charge in [-0.05, 0) is 67.2 Å². The van der Waals surface area contributed by atoms with Gasteiger partial charge in [-0.2, -0.15) is 8.78 Å². The summed E-state index contributed by atoms with van der Waals surface area (Å²) in [6, 6.07) is 11.9. The molecule has 0 bridgehead atoms. The Morgan fingerprint density at radius 1 is 1.09 bits per heavy atom. The summed E-state index contributed by atoms with van der Waals surface area (Å²) in [6.07, 6.45) is -0.206. The first-order chi connectivity index (χ1) is 16.4. The van der Waals surface area contributed by atoms with Crippen LogP contribution in [0.15, 0.2) is 53.7 Å². The zero-order chi connectivity index (χ0) is 24.5. The van der Waals surface area contributed by atoms with Crippen LogP contribution in [-0.2, 0) is 20.9 Å². The van der Waals surface area contributed by atoms with Crippen molar-refractivity contribution in [3.63, 3.8) is 0 Å². The predicted octanol–water partition coefficient (Wildman–Crippen LogP) is 4.37. The number of nitrogens with zero attached hydrogens (tertiary/aromatic N) is 3. The van der Waals surface area contributed by atoms with Crippen LogP contribution in [0.25, 0.3) is 11.4 Å². The lowest BCUT2D eigenvalue weighted by Crippen LogP contribution is -2.21. The van der Waals surface area contributed by atoms with Gasteiger partial charge in [-0.25, -0.2) is 4.39 Å². The van der Waals surface area contributed by atoms with Crippen LogP contribution in [0.1, 0.15) is 13.3 Å². The zero-order valence-electron chi connectivity index (χ0n) is 18.0. The van der Waals surface area contributed by atoms with Crippen molar-refractivity contribution in [1.82, 2.24) is 14.8 Å². The second kappa shape index (κ2) is 12.1. The third kappa shape index (κ3) is 7.24. The zero-order valence-corrected chi connectivity index (χ0v) is 18.9. The molecule has 0 unspecified atom stereocenters. The quantitative estimate of drug-likeness (QED) is 0.312. The number of anilines is 1. The molecule has 0 spiro atoms. The molecule has 0 aliphatic carbocycles. The Balaban J connectivity index is 1.61. The number of benzene rings is 2. The third-order valence-corrected chi connectivity index (χ3v) is 5.06. The van der Waals surface area contributed by atoms with Gasteiger partial charge >= 0.3 is 5.97 Å². The Hall–Kier alpha value is -3.54. The average Bonchev–Trinajstić information content (AvgIpc) is 3.20. The standard InChI is InChI=1S/C22H21F3N4O4S/c1-2-32-17-9-3-14(4-10-17)20-27-28-22(34-21(24)25)29(20)12-11-19(31)33-13-18(30)26-16-7-5-15(23)6-8-16/h3-10,21H,2,11-13H2,1H3,(H,26,30). The number of esters is 1. The number of ether oxygens (including phenoxy) is 2. The number of carbonyl (C=O) groups is 2. The van der Waals surface area contributed by atoms with E-state index in [0.717, 1.165) is 0 Å². The summed E-state index contributed by atoms with van der Waals surface area (Å²) in [5, 5.41) is 10.2. The maximum atomic E-state index is 13.0. The number of nitrogens with one attached hydrogen (secondary N) is 1. The number of hydrogen-bond donors (Lipinski definition) is 1. The van der Waals surface area contributed by atoms with Gasteiger partial charge in [0, 0.05) is 17.8 Å². The minimum atomic E-state index is -2.72. The molecule has 0 aliphatic heterocycles. The fourth-order valence-corrected chi connectivity index (χ4v) is 3.44. The first-order valence-corrected chi connectivity index (χ1v) is 11.1. The molecule has 1 N–H and O–H groups in total. The number of amides is 1. The van der Waals surface area contributed by atoms with Crippen molar-refractivity contribution in [1.29, 1.82) is 0 Å². The van der Waals surface area contributed by atoms with Crippen molar-refractivity contribution in [2.45, 2.75) is 30.8 Å². The van der Waals surface area contributed by atoms with Crippen molar-refractivity contribution in [3.05, 3.63) is 54.3 Å². The molecule has 3 aromatic rings. The average molecular weight is 494 g/mol. The number of carbonyl (C=O) groups excluding carboxylic acids is 2. The molecular weight excluding hydrogens is 473 g/mol. The highest BCUT2D eigenvalue weighted by Crippen LogP contribution is 2.29. The van der Waals surface area contributed by atoms with Crippen LogP contribution in [0.4, 0.5) is 18.9 Å². The van der Waals surface area contributed by atoms with Crippen molar-refractivity contribution in [3.8, 4) is 17.1 Å². The Labute approximate surface area is 197 Å². The van der Waals surface area contributed by atoms with E-state index in [9.17, 15) is 22.8 Å². The Morgan fingerprint density at radius 2 is 1.79 bits per heavy atom. The number of thioether (sulfide) groups is 1. The highest BCUT2D eigenvalue weighted by molar-refractivity contribution is 7.99. The van der Waals surface area contributed by atoms with Gasteiger partial charge in [-0.3, -0.25) is 9.59 Å². The van der Waals surface area contributed by atoms with Crippen LogP contribution in [0.3, 0.4) is 0 Å². The predicted molar refractivity (Wildman–Crippen MR) is 119 cm³/mol. The number of hydrogen-bond acceptors (Lipinski definition) is 7. The van der Waals surface area contributed by atoms with E-state index in [1.54, 1.807) is 24.3 Å². The third-order valence-electron chi connectivity index (χ3n) is 4.37. The van der Waals surface area contributed by atoms with Gasteiger partial charge < -0.3 is 19.4 Å². The molecule has 0 fully saturated rings. The molecule has 0 saturated carbocycles. The van der Waals surface area contributed by atoms with Gasteiger partial charge in [-0.15, -0.1) is 10.2 Å². The molecule has 8 nitrogen and oxygen atoms in total. The lowest BCUT2D eigenvalue weighted by atomic mass is 10.2. The second-order valence-corrected chi connectivity index (χ2v) is 7.72.